The summed E-state index contributed by atoms with van der Waals surface area (Å²) in [6.07, 6.45) is 5.27. The van der Waals surface area contributed by atoms with E-state index in [1.807, 2.05) is 76.2 Å². The van der Waals surface area contributed by atoms with Gasteiger partial charge in [0.1, 0.15) is 13.2 Å². The van der Waals surface area contributed by atoms with E-state index >= 15 is 0 Å². The zero-order chi connectivity index (χ0) is 22.5. The summed E-state index contributed by atoms with van der Waals surface area (Å²) in [5, 5.41) is 0. The fourth-order valence-corrected chi connectivity index (χ4v) is 2.99. The highest BCUT2D eigenvalue weighted by Crippen LogP contribution is 2.37. The molecule has 162 valence electrons. The van der Waals surface area contributed by atoms with Crippen LogP contribution < -0.4 is 14.9 Å². The zero-order valence-electron chi connectivity index (χ0n) is 18.8. The SMILES string of the molecule is C=C/C=C(\C=C)COc1nc(OCc2ccccc2)ccc1B1OC(C)(C)C(C)(C)O1. The summed E-state index contributed by atoms with van der Waals surface area (Å²) in [6, 6.07) is 13.6. The smallest absolute Gasteiger partial charge is 0.473 e. The molecular weight excluding hydrogens is 389 g/mol. The maximum absolute atomic E-state index is 6.21. The highest BCUT2D eigenvalue weighted by atomic mass is 16.7. The van der Waals surface area contributed by atoms with E-state index in [0.717, 1.165) is 11.1 Å². The number of hydrogen-bond acceptors (Lipinski definition) is 5. The van der Waals surface area contributed by atoms with Gasteiger partial charge in [-0.1, -0.05) is 67.8 Å². The molecule has 1 aliphatic rings. The molecule has 0 atom stereocenters. The molecule has 2 aromatic rings. The van der Waals surface area contributed by atoms with E-state index in [2.05, 4.69) is 18.1 Å². The number of benzene rings is 1. The van der Waals surface area contributed by atoms with Crippen molar-refractivity contribution >= 4 is 12.6 Å². The van der Waals surface area contributed by atoms with Crippen molar-refractivity contribution in [1.29, 1.82) is 0 Å². The molecule has 0 spiro atoms. The van der Waals surface area contributed by atoms with Crippen LogP contribution in [0.5, 0.6) is 11.8 Å². The molecule has 1 aromatic carbocycles. The second-order valence-corrected chi connectivity index (χ2v) is 8.38. The van der Waals surface area contributed by atoms with Crippen LogP contribution in [0.3, 0.4) is 0 Å². The van der Waals surface area contributed by atoms with Crippen molar-refractivity contribution in [3.8, 4) is 11.8 Å². The van der Waals surface area contributed by atoms with Gasteiger partial charge in [0, 0.05) is 11.5 Å². The average molecular weight is 419 g/mol. The van der Waals surface area contributed by atoms with Gasteiger partial charge in [-0.25, -0.2) is 0 Å². The number of nitrogens with zero attached hydrogens (tertiary/aromatic N) is 1. The third-order valence-electron chi connectivity index (χ3n) is 5.57. The van der Waals surface area contributed by atoms with Crippen molar-refractivity contribution in [2.24, 2.45) is 0 Å². The van der Waals surface area contributed by atoms with Gasteiger partial charge in [-0.05, 0) is 38.8 Å². The number of hydrogen-bond donors (Lipinski definition) is 0. The summed E-state index contributed by atoms with van der Waals surface area (Å²) in [5.41, 5.74) is 1.73. The summed E-state index contributed by atoms with van der Waals surface area (Å²) in [7, 11) is -0.591. The van der Waals surface area contributed by atoms with Crippen molar-refractivity contribution in [1.82, 2.24) is 4.98 Å². The summed E-state index contributed by atoms with van der Waals surface area (Å²) in [5.74, 6) is 0.868. The van der Waals surface area contributed by atoms with E-state index in [9.17, 15) is 0 Å². The minimum Gasteiger partial charge on any atom is -0.473 e. The maximum atomic E-state index is 6.21. The first-order valence-electron chi connectivity index (χ1n) is 10.4. The summed E-state index contributed by atoms with van der Waals surface area (Å²) >= 11 is 0. The summed E-state index contributed by atoms with van der Waals surface area (Å²) in [4.78, 5) is 4.60. The molecule has 1 aromatic heterocycles. The van der Waals surface area contributed by atoms with Gasteiger partial charge in [-0.15, -0.1) is 0 Å². The molecule has 31 heavy (non-hydrogen) atoms. The minimum absolute atomic E-state index is 0.289. The molecule has 1 saturated heterocycles. The molecule has 2 heterocycles. The summed E-state index contributed by atoms with van der Waals surface area (Å²) in [6.45, 7) is 16.3. The topological polar surface area (TPSA) is 49.8 Å². The predicted molar refractivity (Wildman–Crippen MR) is 125 cm³/mol. The molecule has 1 fully saturated rings. The Labute approximate surface area is 185 Å². The van der Waals surface area contributed by atoms with Crippen molar-refractivity contribution in [2.75, 3.05) is 6.61 Å². The van der Waals surface area contributed by atoms with Crippen LogP contribution >= 0.6 is 0 Å². The van der Waals surface area contributed by atoms with Crippen LogP contribution in [-0.4, -0.2) is 29.9 Å². The molecule has 0 N–H and O–H groups in total. The fraction of sp³-hybridized carbons (Fsp3) is 0.320. The lowest BCUT2D eigenvalue weighted by atomic mass is 9.79. The number of rotatable bonds is 9. The lowest BCUT2D eigenvalue weighted by Crippen LogP contribution is -2.41. The Bertz CT molecular complexity index is 937. The Morgan fingerprint density at radius 3 is 2.29 bits per heavy atom. The molecule has 0 amide bonds. The molecule has 0 radical (unpaired) electrons. The minimum atomic E-state index is -0.591. The highest BCUT2D eigenvalue weighted by Gasteiger charge is 2.52. The standard InChI is InChI=1S/C25H30BNO4/c1-7-12-19(8-2)17-29-23-21(26-30-24(3,4)25(5,6)31-26)15-16-22(27-23)28-18-20-13-10-9-11-14-20/h7-16H,1-2,17-18H2,3-6H3/b19-12+. The van der Waals surface area contributed by atoms with Gasteiger partial charge in [0.2, 0.25) is 11.8 Å². The Hall–Kier alpha value is -2.83. The molecule has 0 aliphatic carbocycles. The molecule has 0 bridgehead atoms. The van der Waals surface area contributed by atoms with Crippen molar-refractivity contribution in [3.63, 3.8) is 0 Å². The van der Waals surface area contributed by atoms with Crippen LogP contribution in [0.1, 0.15) is 33.3 Å². The van der Waals surface area contributed by atoms with E-state index in [1.165, 1.54) is 0 Å². The molecule has 0 saturated carbocycles. The largest absolute Gasteiger partial charge is 0.500 e. The second-order valence-electron chi connectivity index (χ2n) is 8.38. The molecule has 1 aliphatic heterocycles. The van der Waals surface area contributed by atoms with Crippen LogP contribution in [-0.2, 0) is 15.9 Å². The van der Waals surface area contributed by atoms with Crippen molar-refractivity contribution in [3.05, 3.63) is 85.0 Å². The normalized spacial score (nSPS) is 17.3. The van der Waals surface area contributed by atoms with Crippen molar-refractivity contribution in [2.45, 2.75) is 45.5 Å². The van der Waals surface area contributed by atoms with E-state index < -0.39 is 18.3 Å². The van der Waals surface area contributed by atoms with E-state index in [4.69, 9.17) is 18.8 Å². The van der Waals surface area contributed by atoms with Gasteiger partial charge in [-0.3, -0.25) is 0 Å². The predicted octanol–water partition coefficient (Wildman–Crippen LogP) is 4.64. The quantitative estimate of drug-likeness (QED) is 0.438. The van der Waals surface area contributed by atoms with E-state index in [1.54, 1.807) is 12.2 Å². The first kappa shape index (κ1) is 22.9. The Kier molecular flexibility index (Phi) is 7.03. The average Bonchev–Trinajstić information content (AvgIpc) is 2.97. The van der Waals surface area contributed by atoms with Crippen molar-refractivity contribution < 1.29 is 18.8 Å². The third-order valence-corrected chi connectivity index (χ3v) is 5.57. The number of ether oxygens (including phenoxy) is 2. The summed E-state index contributed by atoms with van der Waals surface area (Å²) < 4.78 is 24.3. The highest BCUT2D eigenvalue weighted by molar-refractivity contribution is 6.63. The van der Waals surface area contributed by atoms with Gasteiger partial charge in [-0.2, -0.15) is 4.98 Å². The van der Waals surface area contributed by atoms with Crippen LogP contribution in [0.2, 0.25) is 0 Å². The molecule has 5 nitrogen and oxygen atoms in total. The van der Waals surface area contributed by atoms with E-state index in [0.29, 0.717) is 23.8 Å². The van der Waals surface area contributed by atoms with Gasteiger partial charge in [0.15, 0.2) is 0 Å². The number of pyridine rings is 1. The van der Waals surface area contributed by atoms with E-state index in [-0.39, 0.29) is 6.61 Å². The lowest BCUT2D eigenvalue weighted by molar-refractivity contribution is 0.00578. The van der Waals surface area contributed by atoms with Gasteiger partial charge >= 0.3 is 7.12 Å². The molecular formula is C25H30BNO4. The Balaban J connectivity index is 1.85. The third kappa shape index (κ3) is 5.46. The Morgan fingerprint density at radius 2 is 1.68 bits per heavy atom. The number of aromatic nitrogens is 1. The maximum Gasteiger partial charge on any atom is 0.500 e. The first-order valence-corrected chi connectivity index (χ1v) is 10.4. The zero-order valence-corrected chi connectivity index (χ0v) is 18.8. The molecule has 6 heteroatoms. The van der Waals surface area contributed by atoms with Crippen LogP contribution in [0.25, 0.3) is 0 Å². The van der Waals surface area contributed by atoms with Gasteiger partial charge < -0.3 is 18.8 Å². The van der Waals surface area contributed by atoms with Crippen LogP contribution in [0, 0.1) is 0 Å². The molecule has 3 rings (SSSR count). The lowest BCUT2D eigenvalue weighted by Gasteiger charge is -2.32. The number of allylic oxidation sites excluding steroid dienone is 2. The first-order chi connectivity index (χ1) is 14.8. The van der Waals surface area contributed by atoms with Crippen LogP contribution in [0.4, 0.5) is 0 Å². The van der Waals surface area contributed by atoms with Gasteiger partial charge in [0.25, 0.3) is 0 Å². The van der Waals surface area contributed by atoms with Crippen LogP contribution in [0.15, 0.2) is 79.4 Å². The Morgan fingerprint density at radius 1 is 1.00 bits per heavy atom. The fourth-order valence-electron chi connectivity index (χ4n) is 2.99. The second kappa shape index (κ2) is 9.54. The monoisotopic (exact) mass is 419 g/mol. The van der Waals surface area contributed by atoms with Gasteiger partial charge in [0.05, 0.1) is 11.2 Å². The molecule has 0 unspecified atom stereocenters.